The number of aryl methyl sites for hydroxylation is 2. The molecule has 1 aliphatic carbocycles. The summed E-state index contributed by atoms with van der Waals surface area (Å²) in [5, 5.41) is 12.4. The van der Waals surface area contributed by atoms with E-state index < -0.39 is 12.1 Å². The summed E-state index contributed by atoms with van der Waals surface area (Å²) in [6.07, 6.45) is 1.41. The van der Waals surface area contributed by atoms with Crippen LogP contribution in [0.3, 0.4) is 0 Å². The molecular formula is C14H18N2O4. The van der Waals surface area contributed by atoms with Gasteiger partial charge in [-0.05, 0) is 19.8 Å². The molecule has 1 aromatic rings. The Morgan fingerprint density at radius 1 is 1.40 bits per heavy atom. The number of H-pyrrole nitrogens is 1. The summed E-state index contributed by atoms with van der Waals surface area (Å²) in [6, 6.07) is -0.411. The molecule has 1 saturated heterocycles. The van der Waals surface area contributed by atoms with Crippen molar-refractivity contribution in [2.24, 2.45) is 0 Å². The topological polar surface area (TPSA) is 91.4 Å². The molecule has 20 heavy (non-hydrogen) atoms. The number of Topliss-reactive ketones (excluding diaryl/α,β-unsaturated/α-hetero) is 1. The lowest BCUT2D eigenvalue weighted by molar-refractivity contribution is 0.0875. The molecule has 0 unspecified atom stereocenters. The molecule has 2 heterocycles. The van der Waals surface area contributed by atoms with Crippen molar-refractivity contribution in [1.82, 2.24) is 10.3 Å². The van der Waals surface area contributed by atoms with E-state index in [1.165, 1.54) is 0 Å². The van der Waals surface area contributed by atoms with Gasteiger partial charge >= 0.3 is 0 Å². The number of hydrogen-bond acceptors (Lipinski definition) is 4. The summed E-state index contributed by atoms with van der Waals surface area (Å²) in [6.45, 7) is 2.32. The SMILES string of the molecule is Cc1[nH]c2c(c1C(=O)N[C@H]1COC[C@@H]1O)C(=O)CCC2. The molecule has 2 aliphatic rings. The zero-order chi connectivity index (χ0) is 14.3. The second-order valence-corrected chi connectivity index (χ2v) is 5.44. The van der Waals surface area contributed by atoms with Gasteiger partial charge in [-0.1, -0.05) is 0 Å². The zero-order valence-corrected chi connectivity index (χ0v) is 11.4. The summed E-state index contributed by atoms with van der Waals surface area (Å²) in [5.74, 6) is -0.297. The van der Waals surface area contributed by atoms with E-state index in [2.05, 4.69) is 10.3 Å². The first-order valence-electron chi connectivity index (χ1n) is 6.89. The summed E-state index contributed by atoms with van der Waals surface area (Å²) >= 11 is 0. The van der Waals surface area contributed by atoms with Crippen molar-refractivity contribution in [1.29, 1.82) is 0 Å². The first kappa shape index (κ1) is 13.3. The number of ether oxygens (including phenoxy) is 1. The lowest BCUT2D eigenvalue weighted by atomic mass is 9.93. The molecule has 1 aliphatic heterocycles. The van der Waals surface area contributed by atoms with E-state index in [1.54, 1.807) is 6.92 Å². The summed E-state index contributed by atoms with van der Waals surface area (Å²) in [5.41, 5.74) is 2.51. The predicted molar refractivity (Wildman–Crippen MR) is 70.9 cm³/mol. The van der Waals surface area contributed by atoms with Gasteiger partial charge in [-0.2, -0.15) is 0 Å². The first-order valence-corrected chi connectivity index (χ1v) is 6.89. The van der Waals surface area contributed by atoms with Gasteiger partial charge in [0.15, 0.2) is 5.78 Å². The number of aromatic amines is 1. The number of fused-ring (bicyclic) bond motifs is 1. The number of amides is 1. The van der Waals surface area contributed by atoms with Crippen molar-refractivity contribution in [3.63, 3.8) is 0 Å². The molecule has 6 heteroatoms. The largest absolute Gasteiger partial charge is 0.388 e. The van der Waals surface area contributed by atoms with Crippen LogP contribution in [0.5, 0.6) is 0 Å². The van der Waals surface area contributed by atoms with Crippen molar-refractivity contribution in [3.8, 4) is 0 Å². The minimum atomic E-state index is -0.690. The minimum absolute atomic E-state index is 0.0176. The third kappa shape index (κ3) is 2.14. The van der Waals surface area contributed by atoms with Crippen LogP contribution in [0.15, 0.2) is 0 Å². The maximum absolute atomic E-state index is 12.4. The molecule has 1 fully saturated rings. The van der Waals surface area contributed by atoms with Crippen LogP contribution in [0.1, 0.15) is 44.9 Å². The average molecular weight is 278 g/mol. The molecule has 0 saturated carbocycles. The van der Waals surface area contributed by atoms with Crippen molar-refractivity contribution in [3.05, 3.63) is 22.5 Å². The fraction of sp³-hybridized carbons (Fsp3) is 0.571. The fourth-order valence-electron chi connectivity index (χ4n) is 2.94. The Morgan fingerprint density at radius 2 is 2.20 bits per heavy atom. The number of aromatic nitrogens is 1. The average Bonchev–Trinajstić information content (AvgIpc) is 2.94. The third-order valence-electron chi connectivity index (χ3n) is 3.97. The van der Waals surface area contributed by atoms with Gasteiger partial charge in [0.05, 0.1) is 36.5 Å². The molecule has 0 bridgehead atoms. The minimum Gasteiger partial charge on any atom is -0.388 e. The van der Waals surface area contributed by atoms with E-state index in [9.17, 15) is 14.7 Å². The number of ketones is 1. The van der Waals surface area contributed by atoms with Crippen LogP contribution < -0.4 is 5.32 Å². The third-order valence-corrected chi connectivity index (χ3v) is 3.97. The molecule has 3 N–H and O–H groups in total. The fourth-order valence-corrected chi connectivity index (χ4v) is 2.94. The predicted octanol–water partition coefficient (Wildman–Crippen LogP) is 0.332. The van der Waals surface area contributed by atoms with Gasteiger partial charge in [0.2, 0.25) is 0 Å². The normalized spacial score (nSPS) is 25.6. The van der Waals surface area contributed by atoms with Gasteiger partial charge in [0, 0.05) is 17.8 Å². The maximum atomic E-state index is 12.4. The van der Waals surface area contributed by atoms with Crippen molar-refractivity contribution < 1.29 is 19.4 Å². The van der Waals surface area contributed by atoms with E-state index in [-0.39, 0.29) is 18.3 Å². The number of carbonyl (C=O) groups is 2. The van der Waals surface area contributed by atoms with E-state index >= 15 is 0 Å². The molecule has 1 amide bonds. The number of nitrogens with one attached hydrogen (secondary N) is 2. The Balaban J connectivity index is 1.88. The van der Waals surface area contributed by atoms with Crippen LogP contribution in [-0.4, -0.2) is 47.1 Å². The molecule has 2 atom stereocenters. The molecule has 0 aromatic carbocycles. The molecular weight excluding hydrogens is 260 g/mol. The second-order valence-electron chi connectivity index (χ2n) is 5.44. The Bertz CT molecular complexity index is 564. The number of rotatable bonds is 2. The van der Waals surface area contributed by atoms with E-state index in [0.29, 0.717) is 29.8 Å². The highest BCUT2D eigenvalue weighted by Gasteiger charge is 2.32. The van der Waals surface area contributed by atoms with Crippen LogP contribution in [0.25, 0.3) is 0 Å². The molecule has 6 nitrogen and oxygen atoms in total. The van der Waals surface area contributed by atoms with E-state index in [0.717, 1.165) is 18.5 Å². The smallest absolute Gasteiger partial charge is 0.254 e. The maximum Gasteiger partial charge on any atom is 0.254 e. The van der Waals surface area contributed by atoms with Crippen LogP contribution in [-0.2, 0) is 11.2 Å². The monoisotopic (exact) mass is 278 g/mol. The van der Waals surface area contributed by atoms with E-state index in [1.807, 2.05) is 0 Å². The standard InChI is InChI=1S/C14H18N2O4/c1-7-12(13-8(15-7)3-2-4-10(13)17)14(19)16-9-5-20-6-11(9)18/h9,11,15,18H,2-6H2,1H3,(H,16,19)/t9-,11-/m0/s1. The highest BCUT2D eigenvalue weighted by Crippen LogP contribution is 2.27. The van der Waals surface area contributed by atoms with Gasteiger partial charge in [-0.25, -0.2) is 0 Å². The Kier molecular flexibility index (Phi) is 3.35. The molecule has 108 valence electrons. The van der Waals surface area contributed by atoms with Crippen LogP contribution in [0.2, 0.25) is 0 Å². The Morgan fingerprint density at radius 3 is 2.90 bits per heavy atom. The molecule has 0 radical (unpaired) electrons. The van der Waals surface area contributed by atoms with Gasteiger partial charge in [0.1, 0.15) is 0 Å². The lowest BCUT2D eigenvalue weighted by Gasteiger charge is -2.16. The highest BCUT2D eigenvalue weighted by atomic mass is 16.5. The number of hydrogen-bond donors (Lipinski definition) is 3. The highest BCUT2D eigenvalue weighted by molar-refractivity contribution is 6.10. The Hall–Kier alpha value is -1.66. The molecule has 1 aromatic heterocycles. The number of aliphatic hydroxyl groups excluding tert-OH is 1. The van der Waals surface area contributed by atoms with Gasteiger partial charge in [0.25, 0.3) is 5.91 Å². The van der Waals surface area contributed by atoms with Crippen LogP contribution in [0, 0.1) is 6.92 Å². The quantitative estimate of drug-likeness (QED) is 0.727. The number of aliphatic hydroxyl groups is 1. The van der Waals surface area contributed by atoms with Gasteiger partial charge < -0.3 is 20.1 Å². The first-order chi connectivity index (χ1) is 9.58. The zero-order valence-electron chi connectivity index (χ0n) is 11.4. The van der Waals surface area contributed by atoms with Crippen LogP contribution in [0.4, 0.5) is 0 Å². The van der Waals surface area contributed by atoms with Crippen molar-refractivity contribution >= 4 is 11.7 Å². The van der Waals surface area contributed by atoms with Crippen LogP contribution >= 0.6 is 0 Å². The van der Waals surface area contributed by atoms with Crippen molar-refractivity contribution in [2.75, 3.05) is 13.2 Å². The number of carbonyl (C=O) groups excluding carboxylic acids is 2. The van der Waals surface area contributed by atoms with Gasteiger partial charge in [-0.3, -0.25) is 9.59 Å². The van der Waals surface area contributed by atoms with Gasteiger partial charge in [-0.15, -0.1) is 0 Å². The summed E-state index contributed by atoms with van der Waals surface area (Å²) < 4.78 is 5.11. The second kappa shape index (κ2) is 5.03. The molecule has 0 spiro atoms. The lowest BCUT2D eigenvalue weighted by Crippen LogP contribution is -2.43. The Labute approximate surface area is 116 Å². The summed E-state index contributed by atoms with van der Waals surface area (Å²) in [7, 11) is 0. The molecule has 3 rings (SSSR count). The summed E-state index contributed by atoms with van der Waals surface area (Å²) in [4.78, 5) is 27.6. The van der Waals surface area contributed by atoms with Crippen molar-refractivity contribution in [2.45, 2.75) is 38.3 Å². The van der Waals surface area contributed by atoms with E-state index in [4.69, 9.17) is 4.74 Å².